The second-order valence-corrected chi connectivity index (χ2v) is 3.65. The van der Waals surface area contributed by atoms with Gasteiger partial charge in [-0.15, -0.1) is 0 Å². The minimum atomic E-state index is -0.991. The average Bonchev–Trinajstić information content (AvgIpc) is 2.25. The maximum atomic E-state index is 13.2. The number of H-pyrrole nitrogens is 1. The number of nitrogens with two attached hydrogens (primary N) is 1. The van der Waals surface area contributed by atoms with Gasteiger partial charge in [-0.05, 0) is 31.2 Å². The van der Waals surface area contributed by atoms with Gasteiger partial charge < -0.3 is 10.7 Å². The number of hydrogen-bond donors (Lipinski definition) is 2. The monoisotopic (exact) mass is 229 g/mol. The van der Waals surface area contributed by atoms with E-state index in [1.54, 1.807) is 13.3 Å². The fourth-order valence-electron chi connectivity index (χ4n) is 1.45. The summed E-state index contributed by atoms with van der Waals surface area (Å²) >= 11 is 0. The second-order valence-electron chi connectivity index (χ2n) is 3.65. The molecular weight excluding hydrogens is 214 g/mol. The summed E-state index contributed by atoms with van der Waals surface area (Å²) in [6, 6.07) is 0. The zero-order valence-corrected chi connectivity index (χ0v) is 9.09. The van der Waals surface area contributed by atoms with E-state index in [0.717, 1.165) is 0 Å². The predicted molar refractivity (Wildman–Crippen MR) is 59.2 cm³/mol. The molecule has 0 spiro atoms. The summed E-state index contributed by atoms with van der Waals surface area (Å²) in [4.78, 5) is 13.1. The van der Waals surface area contributed by atoms with Crippen LogP contribution in [0.3, 0.4) is 0 Å². The summed E-state index contributed by atoms with van der Waals surface area (Å²) in [5.74, 6) is -0.991. The van der Waals surface area contributed by atoms with Gasteiger partial charge >= 0.3 is 0 Å². The molecule has 1 unspecified atom stereocenters. The van der Waals surface area contributed by atoms with Crippen LogP contribution in [-0.4, -0.2) is 11.2 Å². The molecular formula is C11H15F2N2O. The van der Waals surface area contributed by atoms with E-state index in [4.69, 9.17) is 5.73 Å². The lowest BCUT2D eigenvalue weighted by molar-refractivity contribution is 0.311. The Morgan fingerprint density at radius 3 is 2.94 bits per heavy atom. The zero-order valence-electron chi connectivity index (χ0n) is 9.09. The van der Waals surface area contributed by atoms with E-state index in [9.17, 15) is 13.6 Å². The number of aromatic nitrogens is 1. The third kappa shape index (κ3) is 3.05. The van der Waals surface area contributed by atoms with Crippen molar-refractivity contribution >= 4 is 5.69 Å². The summed E-state index contributed by atoms with van der Waals surface area (Å²) in [5.41, 5.74) is 4.83. The summed E-state index contributed by atoms with van der Waals surface area (Å²) in [5, 5.41) is 0. The number of halogens is 2. The number of nitrogen functional groups attached to an aromatic ring is 1. The maximum Gasteiger partial charge on any atom is 0.286 e. The Labute approximate surface area is 92.7 Å². The van der Waals surface area contributed by atoms with Gasteiger partial charge in [0.05, 0.1) is 5.69 Å². The Morgan fingerprint density at radius 1 is 1.62 bits per heavy atom. The largest absolute Gasteiger partial charge is 0.396 e. The molecule has 89 valence electrons. The number of pyridine rings is 1. The highest BCUT2D eigenvalue weighted by Gasteiger charge is 2.11. The van der Waals surface area contributed by atoms with Gasteiger partial charge in [-0.3, -0.25) is 4.79 Å². The van der Waals surface area contributed by atoms with Gasteiger partial charge in [0.2, 0.25) is 5.82 Å². The van der Waals surface area contributed by atoms with Crippen molar-refractivity contribution < 1.29 is 8.78 Å². The van der Waals surface area contributed by atoms with Crippen molar-refractivity contribution in [1.82, 2.24) is 4.98 Å². The molecule has 16 heavy (non-hydrogen) atoms. The van der Waals surface area contributed by atoms with Gasteiger partial charge in [0.1, 0.15) is 6.17 Å². The molecule has 5 heteroatoms. The van der Waals surface area contributed by atoms with Crippen molar-refractivity contribution in [2.45, 2.75) is 32.4 Å². The van der Waals surface area contributed by atoms with Crippen LogP contribution in [0.15, 0.2) is 11.0 Å². The second kappa shape index (κ2) is 5.63. The zero-order chi connectivity index (χ0) is 12.1. The highest BCUT2D eigenvalue weighted by Crippen LogP contribution is 2.16. The van der Waals surface area contributed by atoms with Crippen molar-refractivity contribution in [3.63, 3.8) is 0 Å². The van der Waals surface area contributed by atoms with E-state index < -0.39 is 17.5 Å². The van der Waals surface area contributed by atoms with Crippen LogP contribution >= 0.6 is 0 Å². The SMILES string of the molecule is C[CH]CC(F)CCc1c[nH]c(=O)c(F)c1N. The highest BCUT2D eigenvalue weighted by atomic mass is 19.1. The molecule has 0 aromatic carbocycles. The number of aromatic amines is 1. The van der Waals surface area contributed by atoms with Gasteiger partial charge in [-0.2, -0.15) is 4.39 Å². The van der Waals surface area contributed by atoms with Crippen molar-refractivity contribution in [3.8, 4) is 0 Å². The molecule has 1 rings (SSSR count). The van der Waals surface area contributed by atoms with Crippen molar-refractivity contribution in [2.75, 3.05) is 5.73 Å². The summed E-state index contributed by atoms with van der Waals surface area (Å²) < 4.78 is 26.3. The first kappa shape index (κ1) is 12.7. The van der Waals surface area contributed by atoms with E-state index in [1.165, 1.54) is 6.20 Å². The Balaban J connectivity index is 2.68. The van der Waals surface area contributed by atoms with E-state index in [2.05, 4.69) is 4.98 Å². The molecule has 0 saturated carbocycles. The Bertz CT molecular complexity index is 403. The van der Waals surface area contributed by atoms with Gasteiger partial charge in [-0.25, -0.2) is 4.39 Å². The first-order chi connectivity index (χ1) is 7.56. The lowest BCUT2D eigenvalue weighted by Crippen LogP contribution is -2.15. The van der Waals surface area contributed by atoms with Crippen molar-refractivity contribution in [1.29, 1.82) is 0 Å². The number of aryl methyl sites for hydroxylation is 1. The van der Waals surface area contributed by atoms with Crippen LogP contribution in [0.4, 0.5) is 14.5 Å². The lowest BCUT2D eigenvalue weighted by Gasteiger charge is -2.08. The van der Waals surface area contributed by atoms with Crippen LogP contribution in [-0.2, 0) is 6.42 Å². The van der Waals surface area contributed by atoms with Crippen LogP contribution < -0.4 is 11.3 Å². The van der Waals surface area contributed by atoms with E-state index >= 15 is 0 Å². The fraction of sp³-hybridized carbons (Fsp3) is 0.455. The van der Waals surface area contributed by atoms with E-state index in [1.807, 2.05) is 0 Å². The molecule has 0 bridgehead atoms. The van der Waals surface area contributed by atoms with E-state index in [0.29, 0.717) is 18.4 Å². The van der Waals surface area contributed by atoms with Crippen LogP contribution in [0, 0.1) is 12.2 Å². The van der Waals surface area contributed by atoms with Gasteiger partial charge in [0, 0.05) is 6.20 Å². The van der Waals surface area contributed by atoms with Gasteiger partial charge in [0.15, 0.2) is 0 Å². The fourth-order valence-corrected chi connectivity index (χ4v) is 1.45. The third-order valence-electron chi connectivity index (χ3n) is 2.38. The molecule has 0 saturated heterocycles. The Morgan fingerprint density at radius 2 is 2.31 bits per heavy atom. The highest BCUT2D eigenvalue weighted by molar-refractivity contribution is 5.45. The number of alkyl halides is 1. The first-order valence-corrected chi connectivity index (χ1v) is 5.13. The Kier molecular flexibility index (Phi) is 4.46. The standard InChI is InChI=1S/C11H15F2N2O/c1-2-3-8(12)5-4-7-6-15-11(16)9(13)10(7)14/h2,6,8H,3-5H2,1H3,(H3,14,15,16). The summed E-state index contributed by atoms with van der Waals surface area (Å²) in [6.07, 6.45) is 3.06. The smallest absolute Gasteiger partial charge is 0.286 e. The van der Waals surface area contributed by atoms with Crippen molar-refractivity contribution in [2.24, 2.45) is 0 Å². The lowest BCUT2D eigenvalue weighted by atomic mass is 10.1. The van der Waals surface area contributed by atoms with Crippen LogP contribution in [0.25, 0.3) is 0 Å². The number of rotatable bonds is 5. The minimum absolute atomic E-state index is 0.184. The molecule has 1 aromatic heterocycles. The topological polar surface area (TPSA) is 58.9 Å². The quantitative estimate of drug-likeness (QED) is 0.811. The van der Waals surface area contributed by atoms with Crippen molar-refractivity contribution in [3.05, 3.63) is 34.4 Å². The number of nitrogens with one attached hydrogen (secondary N) is 1. The molecule has 0 amide bonds. The van der Waals surface area contributed by atoms with Gasteiger partial charge in [-0.1, -0.05) is 6.92 Å². The molecule has 0 aliphatic rings. The Hall–Kier alpha value is -1.39. The number of anilines is 1. The molecule has 1 atom stereocenters. The summed E-state index contributed by atoms with van der Waals surface area (Å²) in [6.45, 7) is 1.78. The molecule has 1 aromatic rings. The van der Waals surface area contributed by atoms with Crippen LogP contribution in [0.1, 0.15) is 25.3 Å². The molecule has 0 fully saturated rings. The first-order valence-electron chi connectivity index (χ1n) is 5.13. The molecule has 3 N–H and O–H groups in total. The normalized spacial score (nSPS) is 12.7. The van der Waals surface area contributed by atoms with Crippen LogP contribution in [0.2, 0.25) is 0 Å². The molecule has 3 nitrogen and oxygen atoms in total. The minimum Gasteiger partial charge on any atom is -0.396 e. The molecule has 0 aliphatic heterocycles. The average molecular weight is 229 g/mol. The number of hydrogen-bond acceptors (Lipinski definition) is 2. The molecule has 1 radical (unpaired) electrons. The third-order valence-corrected chi connectivity index (χ3v) is 2.38. The van der Waals surface area contributed by atoms with E-state index in [-0.39, 0.29) is 12.1 Å². The molecule has 1 heterocycles. The molecule has 0 aliphatic carbocycles. The maximum absolute atomic E-state index is 13.2. The van der Waals surface area contributed by atoms with Crippen LogP contribution in [0.5, 0.6) is 0 Å². The van der Waals surface area contributed by atoms with Gasteiger partial charge in [0.25, 0.3) is 5.56 Å². The predicted octanol–water partition coefficient (Wildman–Crippen LogP) is 1.98. The summed E-state index contributed by atoms with van der Waals surface area (Å²) in [7, 11) is 0.